The molecule has 3 atom stereocenters. The molecule has 1 heterocycles. The molecule has 1 aromatic rings. The number of halogens is 2. The van der Waals surface area contributed by atoms with E-state index in [-0.39, 0.29) is 28.9 Å². The Morgan fingerprint density at radius 2 is 2.14 bits per heavy atom. The van der Waals surface area contributed by atoms with Gasteiger partial charge in [-0.05, 0) is 31.5 Å². The molecule has 0 radical (unpaired) electrons. The number of hydrogen-bond donors (Lipinski definition) is 1. The van der Waals surface area contributed by atoms with Crippen LogP contribution in [0, 0.1) is 11.7 Å². The monoisotopic (exact) mass is 328 g/mol. The van der Waals surface area contributed by atoms with Crippen LogP contribution in [-0.4, -0.2) is 38.1 Å². The Labute approximate surface area is 133 Å². The van der Waals surface area contributed by atoms with E-state index in [9.17, 15) is 14.0 Å². The van der Waals surface area contributed by atoms with E-state index < -0.39 is 11.9 Å². The van der Waals surface area contributed by atoms with Crippen LogP contribution in [0.3, 0.4) is 0 Å². The molecule has 5 nitrogen and oxygen atoms in total. The third-order valence-electron chi connectivity index (χ3n) is 3.98. The van der Waals surface area contributed by atoms with Gasteiger partial charge in [-0.15, -0.1) is 0 Å². The molecule has 1 amide bonds. The number of ether oxygens (including phenoxy) is 1. The zero-order valence-corrected chi connectivity index (χ0v) is 13.4. The fourth-order valence-corrected chi connectivity index (χ4v) is 2.81. The Morgan fingerprint density at radius 1 is 1.45 bits per heavy atom. The number of likely N-dealkylation sites (N-methyl/N-ethyl adjacent to an activating group) is 1. The van der Waals surface area contributed by atoms with Gasteiger partial charge in [0.25, 0.3) is 0 Å². The lowest BCUT2D eigenvalue weighted by molar-refractivity contribution is -0.145. The minimum Gasteiger partial charge on any atom is -0.469 e. The number of methoxy groups -OCH3 is 1. The van der Waals surface area contributed by atoms with Gasteiger partial charge in [0.1, 0.15) is 5.82 Å². The number of carbonyl (C=O) groups excluding carboxylic acids is 2. The van der Waals surface area contributed by atoms with E-state index in [2.05, 4.69) is 5.32 Å². The number of amides is 1. The van der Waals surface area contributed by atoms with Crippen molar-refractivity contribution in [3.63, 3.8) is 0 Å². The van der Waals surface area contributed by atoms with E-state index in [1.807, 2.05) is 6.92 Å². The summed E-state index contributed by atoms with van der Waals surface area (Å²) in [6, 6.07) is 3.45. The molecule has 1 saturated heterocycles. The average molecular weight is 329 g/mol. The van der Waals surface area contributed by atoms with E-state index in [0.717, 1.165) is 0 Å². The van der Waals surface area contributed by atoms with Crippen LogP contribution in [0.15, 0.2) is 18.2 Å². The van der Waals surface area contributed by atoms with E-state index in [0.29, 0.717) is 12.1 Å². The van der Waals surface area contributed by atoms with Crippen LogP contribution in [0.4, 0.5) is 10.1 Å². The van der Waals surface area contributed by atoms with Gasteiger partial charge >= 0.3 is 5.97 Å². The maximum absolute atomic E-state index is 13.2. The lowest BCUT2D eigenvalue weighted by atomic mass is 10.00. The van der Waals surface area contributed by atoms with Crippen LogP contribution in [0.2, 0.25) is 5.02 Å². The first kappa shape index (κ1) is 16.7. The maximum atomic E-state index is 13.2. The summed E-state index contributed by atoms with van der Waals surface area (Å²) in [5.74, 6) is -1.43. The standard InChI is InChI=1S/C15H18ClFN2O3/c1-8-10(15(21)22-3)7-13(18-8)14(20)19(2)9-4-5-12(17)11(16)6-9/h4-6,8,10,13,18H,7H2,1-3H3/t8-,10-,13-/m0/s1. The smallest absolute Gasteiger partial charge is 0.310 e. The van der Waals surface area contributed by atoms with Gasteiger partial charge in [0.2, 0.25) is 5.91 Å². The topological polar surface area (TPSA) is 58.6 Å². The zero-order chi connectivity index (χ0) is 16.4. The molecule has 1 fully saturated rings. The van der Waals surface area contributed by atoms with Crippen LogP contribution < -0.4 is 10.2 Å². The van der Waals surface area contributed by atoms with Crippen LogP contribution in [0.5, 0.6) is 0 Å². The number of esters is 1. The van der Waals surface area contributed by atoms with Crippen molar-refractivity contribution in [1.82, 2.24) is 5.32 Å². The third-order valence-corrected chi connectivity index (χ3v) is 4.27. The van der Waals surface area contributed by atoms with Crippen molar-refractivity contribution in [1.29, 1.82) is 0 Å². The van der Waals surface area contributed by atoms with Crippen molar-refractivity contribution in [3.8, 4) is 0 Å². The number of nitrogens with one attached hydrogen (secondary N) is 1. The van der Waals surface area contributed by atoms with Gasteiger partial charge < -0.3 is 15.0 Å². The van der Waals surface area contributed by atoms with Crippen LogP contribution in [0.25, 0.3) is 0 Å². The number of carbonyl (C=O) groups is 2. The number of rotatable bonds is 3. The van der Waals surface area contributed by atoms with Gasteiger partial charge in [-0.2, -0.15) is 0 Å². The van der Waals surface area contributed by atoms with Crippen molar-refractivity contribution in [3.05, 3.63) is 29.0 Å². The van der Waals surface area contributed by atoms with Gasteiger partial charge in [-0.1, -0.05) is 11.6 Å². The van der Waals surface area contributed by atoms with Gasteiger partial charge in [0, 0.05) is 18.8 Å². The van der Waals surface area contributed by atoms with Gasteiger partial charge in [0.15, 0.2) is 0 Å². The molecule has 2 rings (SSSR count). The summed E-state index contributed by atoms with van der Waals surface area (Å²) in [6.45, 7) is 1.84. The van der Waals surface area contributed by atoms with E-state index in [1.165, 1.54) is 30.2 Å². The van der Waals surface area contributed by atoms with Crippen LogP contribution >= 0.6 is 11.6 Å². The lowest BCUT2D eigenvalue weighted by Gasteiger charge is -2.22. The SMILES string of the molecule is COC(=O)[C@H]1C[C@@H](C(=O)N(C)c2ccc(F)c(Cl)c2)N[C@H]1C. The molecule has 22 heavy (non-hydrogen) atoms. The number of nitrogens with zero attached hydrogens (tertiary/aromatic N) is 1. The summed E-state index contributed by atoms with van der Waals surface area (Å²) < 4.78 is 17.9. The molecule has 0 spiro atoms. The molecule has 0 aromatic heterocycles. The quantitative estimate of drug-likeness (QED) is 0.862. The summed E-state index contributed by atoms with van der Waals surface area (Å²) >= 11 is 5.74. The van der Waals surface area contributed by atoms with Crippen molar-refractivity contribution in [2.24, 2.45) is 5.92 Å². The van der Waals surface area contributed by atoms with Gasteiger partial charge in [0.05, 0.1) is 24.1 Å². The predicted molar refractivity (Wildman–Crippen MR) is 81.3 cm³/mol. The molecule has 1 aromatic carbocycles. The highest BCUT2D eigenvalue weighted by Crippen LogP contribution is 2.26. The minimum atomic E-state index is -0.537. The highest BCUT2D eigenvalue weighted by atomic mass is 35.5. The molecule has 1 N–H and O–H groups in total. The maximum Gasteiger partial charge on any atom is 0.310 e. The summed E-state index contributed by atoms with van der Waals surface area (Å²) in [4.78, 5) is 25.6. The molecule has 120 valence electrons. The Kier molecular flexibility index (Phi) is 5.03. The number of anilines is 1. The third kappa shape index (κ3) is 3.23. The largest absolute Gasteiger partial charge is 0.469 e. The number of benzene rings is 1. The molecule has 0 bridgehead atoms. The molecule has 0 unspecified atom stereocenters. The highest BCUT2D eigenvalue weighted by Gasteiger charge is 2.40. The Balaban J connectivity index is 2.11. The first-order valence-electron chi connectivity index (χ1n) is 6.91. The first-order valence-corrected chi connectivity index (χ1v) is 7.29. The second-order valence-corrected chi connectivity index (χ2v) is 5.78. The second-order valence-electron chi connectivity index (χ2n) is 5.37. The molecule has 0 saturated carbocycles. The van der Waals surface area contributed by atoms with E-state index in [4.69, 9.17) is 16.3 Å². The van der Waals surface area contributed by atoms with Crippen molar-refractivity contribution in [2.45, 2.75) is 25.4 Å². The van der Waals surface area contributed by atoms with E-state index >= 15 is 0 Å². The normalized spacial score (nSPS) is 24.1. The summed E-state index contributed by atoms with van der Waals surface area (Å²) in [6.07, 6.45) is 0.367. The fourth-order valence-electron chi connectivity index (χ4n) is 2.64. The molecule has 1 aliphatic rings. The van der Waals surface area contributed by atoms with Gasteiger partial charge in [-0.3, -0.25) is 9.59 Å². The average Bonchev–Trinajstić information content (AvgIpc) is 2.89. The first-order chi connectivity index (χ1) is 10.3. The van der Waals surface area contributed by atoms with Crippen molar-refractivity contribution >= 4 is 29.2 Å². The molecule has 1 aliphatic heterocycles. The molecule has 7 heteroatoms. The highest BCUT2D eigenvalue weighted by molar-refractivity contribution is 6.31. The molecule has 0 aliphatic carbocycles. The van der Waals surface area contributed by atoms with Crippen LogP contribution in [-0.2, 0) is 14.3 Å². The Morgan fingerprint density at radius 3 is 2.73 bits per heavy atom. The summed E-state index contributed by atoms with van der Waals surface area (Å²) in [7, 11) is 2.92. The van der Waals surface area contributed by atoms with Crippen LogP contribution in [0.1, 0.15) is 13.3 Å². The minimum absolute atomic E-state index is 0.0441. The predicted octanol–water partition coefficient (Wildman–Crippen LogP) is 1.98. The fraction of sp³-hybridized carbons (Fsp3) is 0.467. The lowest BCUT2D eigenvalue weighted by Crippen LogP contribution is -2.43. The van der Waals surface area contributed by atoms with Gasteiger partial charge in [-0.25, -0.2) is 4.39 Å². The molecular weight excluding hydrogens is 311 g/mol. The Hall–Kier alpha value is -1.66. The molecular formula is C15H18ClFN2O3. The Bertz CT molecular complexity index is 596. The van der Waals surface area contributed by atoms with E-state index in [1.54, 1.807) is 7.05 Å². The van der Waals surface area contributed by atoms with Crippen molar-refractivity contribution in [2.75, 3.05) is 19.1 Å². The van der Waals surface area contributed by atoms with Crippen molar-refractivity contribution < 1.29 is 18.7 Å². The zero-order valence-electron chi connectivity index (χ0n) is 12.6. The number of hydrogen-bond acceptors (Lipinski definition) is 4. The summed E-state index contributed by atoms with van der Waals surface area (Å²) in [5, 5.41) is 3.05. The summed E-state index contributed by atoms with van der Waals surface area (Å²) in [5.41, 5.74) is 0.493. The second kappa shape index (κ2) is 6.62.